The van der Waals surface area contributed by atoms with Crippen LogP contribution in [0.5, 0.6) is 0 Å². The van der Waals surface area contributed by atoms with Gasteiger partial charge in [0.25, 0.3) is 5.69 Å². The predicted octanol–water partition coefficient (Wildman–Crippen LogP) is 4.10. The molecule has 0 unspecified atom stereocenters. The Morgan fingerprint density at radius 1 is 0.973 bits per heavy atom. The van der Waals surface area contributed by atoms with Gasteiger partial charge in [-0.1, -0.05) is 12.1 Å². The van der Waals surface area contributed by atoms with E-state index in [1.54, 1.807) is 36.3 Å². The normalized spacial score (nSPS) is 10.8. The largest absolute Gasteiger partial charge is 0.386 e. The molecule has 2 aromatic carbocycles. The molecule has 3 N–H and O–H groups in total. The van der Waals surface area contributed by atoms with Gasteiger partial charge >= 0.3 is 0 Å². The molecule has 12 heteroatoms. The zero-order valence-corrected chi connectivity index (χ0v) is 21.2. The Bertz CT molecular complexity index is 1360. The van der Waals surface area contributed by atoms with Crippen LogP contribution in [0.1, 0.15) is 0 Å². The van der Waals surface area contributed by atoms with Gasteiger partial charge < -0.3 is 25.8 Å². The highest BCUT2D eigenvalue weighted by Gasteiger charge is 2.21. The standard InChI is InChI=1S/C25H30N10O2/c1-26-19-16-22(33(4)15-14-32(2)3)23(35(36)37)17-20(19)30-25-27-12-10-24(31-25)29-18-8-5-6-9-21(18)34-13-7-11-28-34/h5-13,16-17,26H,14-15H2,1-4H3,(H2,27,29,30,31). The van der Waals surface area contributed by atoms with E-state index in [0.717, 1.165) is 17.9 Å². The molecule has 37 heavy (non-hydrogen) atoms. The van der Waals surface area contributed by atoms with Crippen LogP contribution in [0.4, 0.5) is 40.2 Å². The second-order valence-electron chi connectivity index (χ2n) is 8.60. The third-order valence-electron chi connectivity index (χ3n) is 5.69. The molecular weight excluding hydrogens is 472 g/mol. The molecule has 0 bridgehead atoms. The first-order valence-electron chi connectivity index (χ1n) is 11.7. The van der Waals surface area contributed by atoms with Crippen molar-refractivity contribution in [1.82, 2.24) is 24.6 Å². The molecule has 0 saturated carbocycles. The molecule has 12 nitrogen and oxygen atoms in total. The lowest BCUT2D eigenvalue weighted by Crippen LogP contribution is -2.29. The van der Waals surface area contributed by atoms with Crippen LogP contribution in [-0.4, -0.2) is 70.9 Å². The van der Waals surface area contributed by atoms with Crippen LogP contribution in [0.2, 0.25) is 0 Å². The maximum atomic E-state index is 11.9. The molecule has 192 valence electrons. The van der Waals surface area contributed by atoms with E-state index in [1.165, 1.54) is 6.07 Å². The van der Waals surface area contributed by atoms with E-state index >= 15 is 0 Å². The van der Waals surface area contributed by atoms with Crippen molar-refractivity contribution >= 4 is 40.2 Å². The van der Waals surface area contributed by atoms with E-state index in [-0.39, 0.29) is 10.6 Å². The molecule has 0 aliphatic carbocycles. The first-order chi connectivity index (χ1) is 17.9. The lowest BCUT2D eigenvalue weighted by molar-refractivity contribution is -0.384. The maximum absolute atomic E-state index is 11.9. The minimum absolute atomic E-state index is 0.00909. The summed E-state index contributed by atoms with van der Waals surface area (Å²) in [6.45, 7) is 1.40. The summed E-state index contributed by atoms with van der Waals surface area (Å²) < 4.78 is 1.76. The fourth-order valence-corrected chi connectivity index (χ4v) is 3.75. The second-order valence-corrected chi connectivity index (χ2v) is 8.60. The Balaban J connectivity index is 1.61. The van der Waals surface area contributed by atoms with Gasteiger partial charge in [-0.05, 0) is 44.4 Å². The number of para-hydroxylation sites is 2. The number of nitrogens with zero attached hydrogens (tertiary/aromatic N) is 7. The molecule has 0 fully saturated rings. The Kier molecular flexibility index (Phi) is 7.79. The summed E-state index contributed by atoms with van der Waals surface area (Å²) in [7, 11) is 7.54. The quantitative estimate of drug-likeness (QED) is 0.204. The molecule has 4 rings (SSSR count). The van der Waals surface area contributed by atoms with Crippen LogP contribution in [-0.2, 0) is 0 Å². The number of hydrogen-bond donors (Lipinski definition) is 3. The number of likely N-dealkylation sites (N-methyl/N-ethyl adjacent to an activating group) is 2. The van der Waals surface area contributed by atoms with Crippen LogP contribution in [0.15, 0.2) is 67.1 Å². The highest BCUT2D eigenvalue weighted by molar-refractivity contribution is 5.83. The number of nitrogens with one attached hydrogen (secondary N) is 3. The van der Waals surface area contributed by atoms with Crippen molar-refractivity contribution in [2.24, 2.45) is 0 Å². The number of nitro groups is 1. The minimum Gasteiger partial charge on any atom is -0.386 e. The van der Waals surface area contributed by atoms with Crippen molar-refractivity contribution in [2.45, 2.75) is 0 Å². The molecule has 0 saturated heterocycles. The zero-order valence-electron chi connectivity index (χ0n) is 21.2. The smallest absolute Gasteiger partial charge is 0.294 e. The van der Waals surface area contributed by atoms with Gasteiger partial charge in [0.05, 0.1) is 27.7 Å². The molecule has 0 spiro atoms. The fourth-order valence-electron chi connectivity index (χ4n) is 3.75. The SMILES string of the molecule is CNc1cc(N(C)CCN(C)C)c([N+](=O)[O-])cc1Nc1nccc(Nc2ccccc2-n2cccn2)n1. The average molecular weight is 503 g/mol. The van der Waals surface area contributed by atoms with Gasteiger partial charge in [-0.25, -0.2) is 9.67 Å². The third-order valence-corrected chi connectivity index (χ3v) is 5.69. The highest BCUT2D eigenvalue weighted by atomic mass is 16.6. The summed E-state index contributed by atoms with van der Waals surface area (Å²) in [4.78, 5) is 24.3. The van der Waals surface area contributed by atoms with Crippen molar-refractivity contribution in [1.29, 1.82) is 0 Å². The van der Waals surface area contributed by atoms with Gasteiger partial charge in [0.1, 0.15) is 11.5 Å². The van der Waals surface area contributed by atoms with E-state index < -0.39 is 0 Å². The van der Waals surface area contributed by atoms with E-state index in [2.05, 4.69) is 31.0 Å². The minimum atomic E-state index is -0.378. The summed E-state index contributed by atoms with van der Waals surface area (Å²) in [6, 6.07) is 14.6. The molecule has 0 amide bonds. The molecule has 0 atom stereocenters. The third kappa shape index (κ3) is 6.11. The Labute approximate surface area is 215 Å². The van der Waals surface area contributed by atoms with Crippen LogP contribution < -0.4 is 20.9 Å². The van der Waals surface area contributed by atoms with Gasteiger partial charge in [0.2, 0.25) is 5.95 Å². The number of anilines is 6. The van der Waals surface area contributed by atoms with Crippen LogP contribution in [0, 0.1) is 10.1 Å². The first-order valence-corrected chi connectivity index (χ1v) is 11.7. The van der Waals surface area contributed by atoms with E-state index in [9.17, 15) is 10.1 Å². The van der Waals surface area contributed by atoms with E-state index in [1.807, 2.05) is 67.5 Å². The number of aromatic nitrogens is 4. The van der Waals surface area contributed by atoms with E-state index in [4.69, 9.17) is 0 Å². The lowest BCUT2D eigenvalue weighted by atomic mass is 10.2. The number of hydrogen-bond acceptors (Lipinski definition) is 10. The average Bonchev–Trinajstić information content (AvgIpc) is 3.42. The summed E-state index contributed by atoms with van der Waals surface area (Å²) in [6.07, 6.45) is 5.19. The molecule has 0 radical (unpaired) electrons. The summed E-state index contributed by atoms with van der Waals surface area (Å²) in [5.74, 6) is 0.846. The van der Waals surface area contributed by atoms with Gasteiger partial charge in [-0.15, -0.1) is 0 Å². The van der Waals surface area contributed by atoms with Crippen molar-refractivity contribution in [3.8, 4) is 5.69 Å². The molecule has 0 aliphatic heterocycles. The number of rotatable bonds is 11. The lowest BCUT2D eigenvalue weighted by Gasteiger charge is -2.23. The van der Waals surface area contributed by atoms with Crippen LogP contribution in [0.25, 0.3) is 5.69 Å². The van der Waals surface area contributed by atoms with E-state index in [0.29, 0.717) is 35.4 Å². The predicted molar refractivity (Wildman–Crippen MR) is 147 cm³/mol. The highest BCUT2D eigenvalue weighted by Crippen LogP contribution is 2.37. The second kappa shape index (κ2) is 11.4. The molecule has 2 aromatic heterocycles. The Morgan fingerprint density at radius 3 is 2.49 bits per heavy atom. The number of nitro benzene ring substituents is 1. The zero-order chi connectivity index (χ0) is 26.4. The topological polar surface area (TPSA) is 129 Å². The van der Waals surface area contributed by atoms with Gasteiger partial charge in [-0.3, -0.25) is 10.1 Å². The van der Waals surface area contributed by atoms with Gasteiger partial charge in [-0.2, -0.15) is 10.1 Å². The van der Waals surface area contributed by atoms with Crippen LogP contribution >= 0.6 is 0 Å². The first kappa shape index (κ1) is 25.4. The molecule has 4 aromatic rings. The maximum Gasteiger partial charge on any atom is 0.294 e. The van der Waals surface area contributed by atoms with Crippen molar-refractivity contribution in [2.75, 3.05) is 62.1 Å². The Hall–Kier alpha value is -4.71. The van der Waals surface area contributed by atoms with Crippen molar-refractivity contribution in [3.05, 3.63) is 77.2 Å². The summed E-state index contributed by atoms with van der Waals surface area (Å²) >= 11 is 0. The summed E-state index contributed by atoms with van der Waals surface area (Å²) in [5, 5.41) is 25.8. The summed E-state index contributed by atoms with van der Waals surface area (Å²) in [5.41, 5.74) is 3.37. The Morgan fingerprint density at radius 2 is 1.78 bits per heavy atom. The van der Waals surface area contributed by atoms with Gasteiger partial charge in [0.15, 0.2) is 0 Å². The molecule has 2 heterocycles. The van der Waals surface area contributed by atoms with Gasteiger partial charge in [0, 0.05) is 51.8 Å². The van der Waals surface area contributed by atoms with Crippen LogP contribution in [0.3, 0.4) is 0 Å². The van der Waals surface area contributed by atoms with Crippen molar-refractivity contribution < 1.29 is 4.92 Å². The molecular formula is C25H30N10O2. The molecule has 0 aliphatic rings. The number of benzene rings is 2. The fraction of sp³-hybridized carbons (Fsp3) is 0.240. The van der Waals surface area contributed by atoms with Crippen molar-refractivity contribution in [3.63, 3.8) is 0 Å². The monoisotopic (exact) mass is 502 g/mol.